The molecule has 0 radical (unpaired) electrons. The van der Waals surface area contributed by atoms with Crippen LogP contribution in [0.3, 0.4) is 0 Å². The van der Waals surface area contributed by atoms with Crippen molar-refractivity contribution in [3.63, 3.8) is 0 Å². The number of carbonyl (C=O) groups excluding carboxylic acids is 1. The molecule has 2 aromatic carbocycles. The van der Waals surface area contributed by atoms with E-state index in [1.165, 1.54) is 22.9 Å². The maximum atomic E-state index is 12.1. The summed E-state index contributed by atoms with van der Waals surface area (Å²) in [5.74, 6) is 1.77. The van der Waals surface area contributed by atoms with Crippen LogP contribution in [0.15, 0.2) is 53.7 Å². The van der Waals surface area contributed by atoms with Crippen LogP contribution in [0.2, 0.25) is 0 Å². The number of aromatic nitrogens is 3. The molecule has 1 amide bonds. The zero-order valence-corrected chi connectivity index (χ0v) is 18.0. The number of aryl methyl sites for hydroxylation is 2. The van der Waals surface area contributed by atoms with Crippen molar-refractivity contribution in [1.82, 2.24) is 20.1 Å². The molecule has 0 fully saturated rings. The molecule has 0 saturated heterocycles. The summed E-state index contributed by atoms with van der Waals surface area (Å²) < 4.78 is 7.91. The first kappa shape index (κ1) is 20.9. The van der Waals surface area contributed by atoms with Crippen LogP contribution in [0.1, 0.15) is 35.5 Å². The Bertz CT molecular complexity index is 972. The van der Waals surface area contributed by atoms with E-state index in [9.17, 15) is 4.79 Å². The highest BCUT2D eigenvalue weighted by Gasteiger charge is 2.18. The topological polar surface area (TPSA) is 69.0 Å². The third-order valence-corrected chi connectivity index (χ3v) is 5.71. The van der Waals surface area contributed by atoms with Crippen LogP contribution in [-0.2, 0) is 18.4 Å². The van der Waals surface area contributed by atoms with Crippen molar-refractivity contribution >= 4 is 17.7 Å². The van der Waals surface area contributed by atoms with Crippen molar-refractivity contribution in [1.29, 1.82) is 0 Å². The fourth-order valence-electron chi connectivity index (χ4n) is 2.83. The maximum absolute atomic E-state index is 12.1. The summed E-state index contributed by atoms with van der Waals surface area (Å²) in [5.41, 5.74) is 3.49. The molecular weight excluding hydrogens is 384 g/mol. The van der Waals surface area contributed by atoms with E-state index in [0.29, 0.717) is 11.7 Å². The smallest absolute Gasteiger partial charge is 0.230 e. The SMILES string of the molecule is Cc1ccc(OC(C)c2nnc(SCC(=O)NCc3ccccc3)n2C)cc1C. The van der Waals surface area contributed by atoms with Gasteiger partial charge < -0.3 is 14.6 Å². The molecule has 0 aliphatic rings. The average Bonchev–Trinajstić information content (AvgIpc) is 3.09. The first-order valence-electron chi connectivity index (χ1n) is 9.50. The van der Waals surface area contributed by atoms with E-state index in [4.69, 9.17) is 4.74 Å². The standard InChI is InChI=1S/C22H26N4O2S/c1-15-10-11-19(12-16(15)2)28-17(3)21-24-25-22(26(21)4)29-14-20(27)23-13-18-8-6-5-7-9-18/h5-12,17H,13-14H2,1-4H3,(H,23,27). The Balaban J connectivity index is 1.54. The molecule has 0 aliphatic heterocycles. The minimum absolute atomic E-state index is 0.0390. The molecule has 3 rings (SSSR count). The fourth-order valence-corrected chi connectivity index (χ4v) is 3.58. The lowest BCUT2D eigenvalue weighted by atomic mass is 10.1. The van der Waals surface area contributed by atoms with Crippen molar-refractivity contribution in [3.05, 3.63) is 71.0 Å². The average molecular weight is 411 g/mol. The summed E-state index contributed by atoms with van der Waals surface area (Å²) in [6, 6.07) is 15.9. The second kappa shape index (κ2) is 9.60. The van der Waals surface area contributed by atoms with Gasteiger partial charge in [-0.3, -0.25) is 4.79 Å². The molecule has 0 bridgehead atoms. The van der Waals surface area contributed by atoms with Crippen LogP contribution in [0.4, 0.5) is 0 Å². The van der Waals surface area contributed by atoms with E-state index >= 15 is 0 Å². The first-order valence-corrected chi connectivity index (χ1v) is 10.5. The van der Waals surface area contributed by atoms with Gasteiger partial charge in [0, 0.05) is 13.6 Å². The number of nitrogens with zero attached hydrogens (tertiary/aromatic N) is 3. The Kier molecular flexibility index (Phi) is 6.93. The molecule has 6 nitrogen and oxygen atoms in total. The molecular formula is C22H26N4O2S. The number of rotatable bonds is 8. The number of amides is 1. The van der Waals surface area contributed by atoms with Crippen LogP contribution in [-0.4, -0.2) is 26.4 Å². The normalized spacial score (nSPS) is 11.9. The van der Waals surface area contributed by atoms with Gasteiger partial charge in [0.2, 0.25) is 5.91 Å². The van der Waals surface area contributed by atoms with E-state index in [0.717, 1.165) is 17.1 Å². The summed E-state index contributed by atoms with van der Waals surface area (Å²) in [5, 5.41) is 12.1. The summed E-state index contributed by atoms with van der Waals surface area (Å²) in [7, 11) is 1.89. The van der Waals surface area contributed by atoms with Gasteiger partial charge >= 0.3 is 0 Å². The highest BCUT2D eigenvalue weighted by atomic mass is 32.2. The summed E-state index contributed by atoms with van der Waals surface area (Å²) in [4.78, 5) is 12.1. The quantitative estimate of drug-likeness (QED) is 0.569. The van der Waals surface area contributed by atoms with Gasteiger partial charge in [-0.05, 0) is 49.6 Å². The summed E-state index contributed by atoms with van der Waals surface area (Å²) >= 11 is 1.36. The van der Waals surface area contributed by atoms with Crippen LogP contribution in [0.5, 0.6) is 5.75 Å². The maximum Gasteiger partial charge on any atom is 0.230 e. The minimum atomic E-state index is -0.254. The van der Waals surface area contributed by atoms with Gasteiger partial charge in [-0.25, -0.2) is 0 Å². The number of hydrogen-bond donors (Lipinski definition) is 1. The van der Waals surface area contributed by atoms with E-state index in [1.54, 1.807) is 0 Å². The number of hydrogen-bond acceptors (Lipinski definition) is 5. The molecule has 29 heavy (non-hydrogen) atoms. The van der Waals surface area contributed by atoms with Gasteiger partial charge in [-0.2, -0.15) is 0 Å². The van der Waals surface area contributed by atoms with Crippen molar-refractivity contribution in [2.45, 2.75) is 38.6 Å². The Morgan fingerprint density at radius 1 is 1.14 bits per heavy atom. The monoisotopic (exact) mass is 410 g/mol. The van der Waals surface area contributed by atoms with Crippen molar-refractivity contribution in [3.8, 4) is 5.75 Å². The Hall–Kier alpha value is -2.80. The van der Waals surface area contributed by atoms with Crippen molar-refractivity contribution < 1.29 is 9.53 Å². The van der Waals surface area contributed by atoms with Gasteiger partial charge in [-0.1, -0.05) is 48.2 Å². The molecule has 1 unspecified atom stereocenters. The Morgan fingerprint density at radius 3 is 2.62 bits per heavy atom. The number of carbonyl (C=O) groups is 1. The molecule has 1 aromatic heterocycles. The molecule has 1 atom stereocenters. The van der Waals surface area contributed by atoms with E-state index in [1.807, 2.05) is 67.1 Å². The van der Waals surface area contributed by atoms with Crippen molar-refractivity contribution in [2.24, 2.45) is 7.05 Å². The first-order chi connectivity index (χ1) is 13.9. The number of benzene rings is 2. The predicted molar refractivity (Wildman–Crippen MR) is 115 cm³/mol. The number of thioether (sulfide) groups is 1. The lowest BCUT2D eigenvalue weighted by molar-refractivity contribution is -0.118. The highest BCUT2D eigenvalue weighted by Crippen LogP contribution is 2.25. The Labute approximate surface area is 175 Å². The van der Waals surface area contributed by atoms with Gasteiger partial charge in [0.25, 0.3) is 0 Å². The number of ether oxygens (including phenoxy) is 1. The third kappa shape index (κ3) is 5.60. The van der Waals surface area contributed by atoms with E-state index in [2.05, 4.69) is 29.4 Å². The minimum Gasteiger partial charge on any atom is -0.483 e. The molecule has 1 N–H and O–H groups in total. The molecule has 1 heterocycles. The Morgan fingerprint density at radius 2 is 1.90 bits per heavy atom. The van der Waals surface area contributed by atoms with Crippen LogP contribution < -0.4 is 10.1 Å². The predicted octanol–water partition coefficient (Wildman–Crippen LogP) is 3.98. The van der Waals surface area contributed by atoms with E-state index in [-0.39, 0.29) is 17.8 Å². The van der Waals surface area contributed by atoms with Crippen molar-refractivity contribution in [2.75, 3.05) is 5.75 Å². The molecule has 152 valence electrons. The zero-order valence-electron chi connectivity index (χ0n) is 17.2. The second-order valence-electron chi connectivity index (χ2n) is 6.96. The summed E-state index contributed by atoms with van der Waals surface area (Å²) in [6.07, 6.45) is -0.254. The lowest BCUT2D eigenvalue weighted by Gasteiger charge is -2.15. The zero-order chi connectivity index (χ0) is 20.8. The largest absolute Gasteiger partial charge is 0.483 e. The lowest BCUT2D eigenvalue weighted by Crippen LogP contribution is -2.24. The highest BCUT2D eigenvalue weighted by molar-refractivity contribution is 7.99. The molecule has 7 heteroatoms. The molecule has 0 spiro atoms. The van der Waals surface area contributed by atoms with Crippen LogP contribution in [0, 0.1) is 13.8 Å². The van der Waals surface area contributed by atoms with E-state index < -0.39 is 0 Å². The van der Waals surface area contributed by atoms with Gasteiger partial charge in [-0.15, -0.1) is 10.2 Å². The van der Waals surface area contributed by atoms with Gasteiger partial charge in [0.1, 0.15) is 5.75 Å². The molecule has 0 aliphatic carbocycles. The third-order valence-electron chi connectivity index (χ3n) is 4.69. The van der Waals surface area contributed by atoms with Crippen LogP contribution >= 0.6 is 11.8 Å². The fraction of sp³-hybridized carbons (Fsp3) is 0.318. The second-order valence-corrected chi connectivity index (χ2v) is 7.90. The van der Waals surface area contributed by atoms with Gasteiger partial charge in [0.15, 0.2) is 17.1 Å². The molecule has 3 aromatic rings. The van der Waals surface area contributed by atoms with Crippen LogP contribution in [0.25, 0.3) is 0 Å². The molecule has 0 saturated carbocycles. The number of nitrogens with one attached hydrogen (secondary N) is 1. The van der Waals surface area contributed by atoms with Gasteiger partial charge in [0.05, 0.1) is 5.75 Å². The summed E-state index contributed by atoms with van der Waals surface area (Å²) in [6.45, 7) is 6.60.